The van der Waals surface area contributed by atoms with Gasteiger partial charge in [-0.25, -0.2) is 4.98 Å². The third-order valence-electron chi connectivity index (χ3n) is 3.49. The molecule has 1 aromatic carbocycles. The van der Waals surface area contributed by atoms with Crippen LogP contribution in [0, 0.1) is 0 Å². The van der Waals surface area contributed by atoms with Gasteiger partial charge in [-0.15, -0.1) is 5.10 Å². The van der Waals surface area contributed by atoms with Gasteiger partial charge in [0.1, 0.15) is 11.3 Å². The van der Waals surface area contributed by atoms with Gasteiger partial charge in [-0.2, -0.15) is 10.3 Å². The Morgan fingerprint density at radius 3 is 3.10 bits per heavy atom. The van der Waals surface area contributed by atoms with Crippen LogP contribution >= 0.6 is 0 Å². The lowest BCUT2D eigenvalue weighted by molar-refractivity contribution is 0.953. The van der Waals surface area contributed by atoms with Crippen LogP contribution in [0.3, 0.4) is 0 Å². The van der Waals surface area contributed by atoms with Gasteiger partial charge in [0.15, 0.2) is 0 Å². The second-order valence-corrected chi connectivity index (χ2v) is 4.88. The number of aromatic amines is 1. The predicted molar refractivity (Wildman–Crippen MR) is 76.6 cm³/mol. The molecule has 3 N–H and O–H groups in total. The number of rotatable bonds is 2. The molecule has 0 saturated carbocycles. The fraction of sp³-hybridized carbons (Fsp3) is 0.143. The number of aromatic nitrogens is 4. The maximum atomic E-state index is 5.81. The smallest absolute Gasteiger partial charge is 0.203 e. The number of pyridine rings is 1. The number of nitrogens with zero attached hydrogens (tertiary/aromatic N) is 4. The molecular weight excluding hydrogens is 252 g/mol. The normalized spacial score (nSPS) is 13.0. The molecule has 0 radical (unpaired) electrons. The minimum absolute atomic E-state index is 0.462. The van der Waals surface area contributed by atoms with Crippen molar-refractivity contribution in [3.63, 3.8) is 0 Å². The van der Waals surface area contributed by atoms with Crippen LogP contribution in [0.5, 0.6) is 0 Å². The van der Waals surface area contributed by atoms with Crippen LogP contribution < -0.4 is 5.73 Å². The Morgan fingerprint density at radius 2 is 2.15 bits per heavy atom. The van der Waals surface area contributed by atoms with Gasteiger partial charge in [0.05, 0.1) is 6.54 Å². The second-order valence-electron chi connectivity index (χ2n) is 4.88. The quantitative estimate of drug-likeness (QED) is 0.732. The number of nitrogens with two attached hydrogens (primary N) is 1. The Bertz CT molecular complexity index is 833. The molecule has 0 aliphatic carbocycles. The summed E-state index contributed by atoms with van der Waals surface area (Å²) in [5, 5.41) is 10.7. The van der Waals surface area contributed by atoms with Crippen molar-refractivity contribution in [2.24, 2.45) is 4.99 Å². The fourth-order valence-corrected chi connectivity index (χ4v) is 2.54. The van der Waals surface area contributed by atoms with Gasteiger partial charge in [-0.1, -0.05) is 12.1 Å². The maximum Gasteiger partial charge on any atom is 0.203 e. The monoisotopic (exact) mass is 264 g/mol. The van der Waals surface area contributed by atoms with Crippen LogP contribution in [-0.2, 0) is 13.0 Å². The minimum Gasteiger partial charge on any atom is -0.384 e. The molecule has 98 valence electrons. The average molecular weight is 264 g/mol. The van der Waals surface area contributed by atoms with E-state index in [1.807, 2.05) is 12.3 Å². The molecule has 20 heavy (non-hydrogen) atoms. The van der Waals surface area contributed by atoms with Crippen molar-refractivity contribution in [2.45, 2.75) is 13.0 Å². The standard InChI is InChI=1S/C14H12N6/c15-12-5-10(13-14(17-12)19-20-18-13)3-8-1-2-9-6-16-7-11(9)4-8/h1-2,4-5,7H,3,6H2,(H3,15,17,18,19,20). The van der Waals surface area contributed by atoms with E-state index in [9.17, 15) is 0 Å². The van der Waals surface area contributed by atoms with E-state index in [-0.39, 0.29) is 0 Å². The molecule has 6 heteroatoms. The van der Waals surface area contributed by atoms with Gasteiger partial charge >= 0.3 is 0 Å². The number of nitrogen functional groups attached to an aromatic ring is 1. The Morgan fingerprint density at radius 1 is 1.20 bits per heavy atom. The van der Waals surface area contributed by atoms with E-state index in [0.29, 0.717) is 11.5 Å². The lowest BCUT2D eigenvalue weighted by Gasteiger charge is -2.05. The molecule has 6 nitrogen and oxygen atoms in total. The Hall–Kier alpha value is -2.76. The summed E-state index contributed by atoms with van der Waals surface area (Å²) in [6.45, 7) is 0.783. The number of H-pyrrole nitrogens is 1. The van der Waals surface area contributed by atoms with E-state index in [0.717, 1.165) is 24.0 Å². The summed E-state index contributed by atoms with van der Waals surface area (Å²) >= 11 is 0. The fourth-order valence-electron chi connectivity index (χ4n) is 2.54. The van der Waals surface area contributed by atoms with Crippen molar-refractivity contribution < 1.29 is 0 Å². The molecule has 0 unspecified atom stereocenters. The number of hydrogen-bond acceptors (Lipinski definition) is 5. The summed E-state index contributed by atoms with van der Waals surface area (Å²) in [5.41, 5.74) is 11.8. The molecule has 4 rings (SSSR count). The molecule has 0 spiro atoms. The Labute approximate surface area is 114 Å². The molecule has 3 heterocycles. The van der Waals surface area contributed by atoms with E-state index in [2.05, 4.69) is 43.6 Å². The molecule has 1 aliphatic rings. The lowest BCUT2D eigenvalue weighted by Crippen LogP contribution is -1.97. The van der Waals surface area contributed by atoms with E-state index >= 15 is 0 Å². The first-order chi connectivity index (χ1) is 9.79. The first-order valence-electron chi connectivity index (χ1n) is 6.37. The highest BCUT2D eigenvalue weighted by atomic mass is 15.3. The number of benzene rings is 1. The van der Waals surface area contributed by atoms with Crippen LogP contribution in [0.25, 0.3) is 11.2 Å². The first kappa shape index (κ1) is 11.1. The summed E-state index contributed by atoms with van der Waals surface area (Å²) in [6, 6.07) is 8.26. The van der Waals surface area contributed by atoms with Crippen LogP contribution in [0.1, 0.15) is 22.3 Å². The molecule has 0 bridgehead atoms. The van der Waals surface area contributed by atoms with Crippen LogP contribution in [0.15, 0.2) is 29.3 Å². The first-order valence-corrected chi connectivity index (χ1v) is 6.37. The van der Waals surface area contributed by atoms with Crippen molar-refractivity contribution in [2.75, 3.05) is 5.73 Å². The molecule has 3 aromatic rings. The highest BCUT2D eigenvalue weighted by Gasteiger charge is 2.11. The zero-order valence-corrected chi connectivity index (χ0v) is 10.7. The van der Waals surface area contributed by atoms with E-state index < -0.39 is 0 Å². The van der Waals surface area contributed by atoms with Crippen molar-refractivity contribution in [1.82, 2.24) is 20.4 Å². The molecule has 0 saturated heterocycles. The molecular formula is C14H12N6. The molecule has 2 aromatic heterocycles. The van der Waals surface area contributed by atoms with Gasteiger partial charge in [0, 0.05) is 6.21 Å². The van der Waals surface area contributed by atoms with E-state index in [1.165, 1.54) is 16.7 Å². The Balaban J connectivity index is 1.77. The SMILES string of the molecule is Nc1cc(Cc2ccc3c(c2)C=NC3)c2n[nH]nc2n1. The van der Waals surface area contributed by atoms with Gasteiger partial charge in [0.2, 0.25) is 5.65 Å². The van der Waals surface area contributed by atoms with E-state index in [1.54, 1.807) is 0 Å². The van der Waals surface area contributed by atoms with Crippen molar-refractivity contribution in [1.29, 1.82) is 0 Å². The zero-order chi connectivity index (χ0) is 13.5. The summed E-state index contributed by atoms with van der Waals surface area (Å²) in [5.74, 6) is 0.462. The number of nitrogens with one attached hydrogen (secondary N) is 1. The molecule has 1 aliphatic heterocycles. The maximum absolute atomic E-state index is 5.81. The van der Waals surface area contributed by atoms with Crippen LogP contribution in [-0.4, -0.2) is 26.6 Å². The summed E-state index contributed by atoms with van der Waals surface area (Å²) in [7, 11) is 0. The van der Waals surface area contributed by atoms with Crippen LogP contribution in [0.2, 0.25) is 0 Å². The topological polar surface area (TPSA) is 92.8 Å². The average Bonchev–Trinajstić information content (AvgIpc) is 3.05. The second kappa shape index (κ2) is 4.12. The van der Waals surface area contributed by atoms with Crippen LogP contribution in [0.4, 0.5) is 5.82 Å². The van der Waals surface area contributed by atoms with Gasteiger partial charge in [0.25, 0.3) is 0 Å². The third kappa shape index (κ3) is 1.73. The van der Waals surface area contributed by atoms with Gasteiger partial charge < -0.3 is 5.73 Å². The summed E-state index contributed by atoms with van der Waals surface area (Å²) in [4.78, 5) is 8.42. The summed E-state index contributed by atoms with van der Waals surface area (Å²) in [6.07, 6.45) is 2.67. The van der Waals surface area contributed by atoms with Crippen molar-refractivity contribution in [3.05, 3.63) is 46.5 Å². The summed E-state index contributed by atoms with van der Waals surface area (Å²) < 4.78 is 0. The third-order valence-corrected chi connectivity index (χ3v) is 3.49. The molecule has 0 amide bonds. The van der Waals surface area contributed by atoms with Crippen molar-refractivity contribution >= 4 is 23.2 Å². The largest absolute Gasteiger partial charge is 0.384 e. The van der Waals surface area contributed by atoms with Crippen molar-refractivity contribution in [3.8, 4) is 0 Å². The minimum atomic E-state index is 0.462. The lowest BCUT2D eigenvalue weighted by atomic mass is 10.0. The van der Waals surface area contributed by atoms with E-state index in [4.69, 9.17) is 5.73 Å². The predicted octanol–water partition coefficient (Wildman–Crippen LogP) is 1.46. The van der Waals surface area contributed by atoms with Gasteiger partial charge in [-0.05, 0) is 40.8 Å². The number of fused-ring (bicyclic) bond motifs is 2. The number of aliphatic imine (C=N–C) groups is 1. The number of hydrogen-bond donors (Lipinski definition) is 2. The zero-order valence-electron chi connectivity index (χ0n) is 10.7. The highest BCUT2D eigenvalue weighted by Crippen LogP contribution is 2.22. The molecule has 0 fully saturated rings. The highest BCUT2D eigenvalue weighted by molar-refractivity contribution is 5.84. The Kier molecular flexibility index (Phi) is 2.29. The number of anilines is 1. The van der Waals surface area contributed by atoms with Gasteiger partial charge in [-0.3, -0.25) is 4.99 Å². The molecule has 0 atom stereocenters.